The first-order valence-electron chi connectivity index (χ1n) is 15.7. The van der Waals surface area contributed by atoms with Gasteiger partial charge in [0, 0.05) is 5.56 Å². The van der Waals surface area contributed by atoms with Gasteiger partial charge in [0.15, 0.2) is 5.82 Å². The molecule has 6 aromatic carbocycles. The average Bonchev–Trinajstić information content (AvgIpc) is 3.51. The lowest BCUT2D eigenvalue weighted by Crippen LogP contribution is -2.57. The van der Waals surface area contributed by atoms with Crippen molar-refractivity contribution in [1.82, 2.24) is 9.97 Å². The topological polar surface area (TPSA) is 44.2 Å². The van der Waals surface area contributed by atoms with Crippen LogP contribution in [0, 0.1) is 0 Å². The Morgan fingerprint density at radius 1 is 0.435 bits per heavy atom. The predicted molar refractivity (Wildman–Crippen MR) is 184 cm³/mol. The quantitative estimate of drug-likeness (QED) is 0.198. The number of aromatic nitrogens is 2. The molecule has 0 unspecified atom stereocenters. The minimum Gasteiger partial charge on any atom is -0.440 e. The van der Waals surface area contributed by atoms with Gasteiger partial charge in [0.25, 0.3) is 6.71 Å². The number of rotatable bonds is 3. The van der Waals surface area contributed by atoms with E-state index in [1.165, 1.54) is 44.5 Å². The van der Waals surface area contributed by atoms with Crippen molar-refractivity contribution < 1.29 is 9.47 Å². The second-order valence-electron chi connectivity index (χ2n) is 12.1. The number of nitrogens with zero attached hydrogens (tertiary/aromatic N) is 2. The van der Waals surface area contributed by atoms with Gasteiger partial charge < -0.3 is 9.47 Å². The normalized spacial score (nSPS) is 13.0. The first-order valence-corrected chi connectivity index (χ1v) is 15.7. The smallest absolute Gasteiger partial charge is 0.265 e. The summed E-state index contributed by atoms with van der Waals surface area (Å²) in [6.45, 7) is -0.0389. The van der Waals surface area contributed by atoms with E-state index in [2.05, 4.69) is 103 Å². The molecule has 0 saturated carbocycles. The van der Waals surface area contributed by atoms with E-state index in [9.17, 15) is 0 Å². The number of ether oxygens (including phenoxy) is 2. The Morgan fingerprint density at radius 2 is 0.913 bits per heavy atom. The van der Waals surface area contributed by atoms with Gasteiger partial charge >= 0.3 is 0 Å². The minimum absolute atomic E-state index is 0.0389. The molecule has 4 nitrogen and oxygen atoms in total. The van der Waals surface area contributed by atoms with Crippen molar-refractivity contribution in [3.05, 3.63) is 151 Å². The highest BCUT2D eigenvalue weighted by Gasteiger charge is 2.42. The summed E-state index contributed by atoms with van der Waals surface area (Å²) in [6.07, 6.45) is 0.906. The summed E-state index contributed by atoms with van der Waals surface area (Å²) in [6, 6.07) is 48.9. The fourth-order valence-electron chi connectivity index (χ4n) is 7.47. The van der Waals surface area contributed by atoms with Gasteiger partial charge in [-0.3, -0.25) is 0 Å². The summed E-state index contributed by atoms with van der Waals surface area (Å²) in [5.41, 5.74) is 14.4. The van der Waals surface area contributed by atoms with Crippen LogP contribution in [0.5, 0.6) is 23.3 Å². The third-order valence-corrected chi connectivity index (χ3v) is 9.57. The number of hydrogen-bond donors (Lipinski definition) is 0. The third kappa shape index (κ3) is 3.75. The van der Waals surface area contributed by atoms with Crippen LogP contribution in [0.15, 0.2) is 140 Å². The van der Waals surface area contributed by atoms with E-state index >= 15 is 0 Å². The molecule has 214 valence electrons. The Balaban J connectivity index is 1.03. The van der Waals surface area contributed by atoms with Crippen LogP contribution in [0.4, 0.5) is 0 Å². The number of benzene rings is 6. The highest BCUT2D eigenvalue weighted by molar-refractivity contribution is 6.98. The van der Waals surface area contributed by atoms with E-state index in [-0.39, 0.29) is 6.71 Å². The maximum atomic E-state index is 6.39. The first-order chi connectivity index (χ1) is 22.8. The molecule has 1 aromatic heterocycles. The predicted octanol–water partition coefficient (Wildman–Crippen LogP) is 7.78. The van der Waals surface area contributed by atoms with Crippen LogP contribution < -0.4 is 25.9 Å². The highest BCUT2D eigenvalue weighted by Crippen LogP contribution is 2.45. The number of para-hydroxylation sites is 2. The molecular formula is C41H25BN2O2. The zero-order valence-corrected chi connectivity index (χ0v) is 24.8. The van der Waals surface area contributed by atoms with E-state index in [1.54, 1.807) is 0 Å². The van der Waals surface area contributed by atoms with Crippen LogP contribution in [-0.4, -0.2) is 16.7 Å². The second kappa shape index (κ2) is 9.78. The number of hydrogen-bond acceptors (Lipinski definition) is 4. The molecule has 3 aliphatic rings. The van der Waals surface area contributed by atoms with Crippen molar-refractivity contribution in [2.24, 2.45) is 0 Å². The van der Waals surface area contributed by atoms with Gasteiger partial charge in [-0.1, -0.05) is 127 Å². The molecule has 3 heterocycles. The molecule has 0 amide bonds. The minimum atomic E-state index is -0.0389. The van der Waals surface area contributed by atoms with Gasteiger partial charge in [0.2, 0.25) is 11.8 Å². The van der Waals surface area contributed by atoms with Gasteiger partial charge in [0.05, 0.1) is 5.46 Å². The van der Waals surface area contributed by atoms with Crippen molar-refractivity contribution >= 4 is 23.1 Å². The van der Waals surface area contributed by atoms with Crippen LogP contribution in [0.1, 0.15) is 11.1 Å². The molecule has 2 aliphatic heterocycles. The van der Waals surface area contributed by atoms with Crippen LogP contribution in [0.3, 0.4) is 0 Å². The molecule has 0 fully saturated rings. The summed E-state index contributed by atoms with van der Waals surface area (Å²) >= 11 is 0. The molecule has 5 heteroatoms. The maximum Gasteiger partial charge on any atom is 0.265 e. The van der Waals surface area contributed by atoms with Crippen molar-refractivity contribution in [2.75, 3.05) is 0 Å². The van der Waals surface area contributed by atoms with Gasteiger partial charge in [-0.05, 0) is 74.0 Å². The van der Waals surface area contributed by atoms with E-state index in [1.807, 2.05) is 36.4 Å². The lowest BCUT2D eigenvalue weighted by Gasteiger charge is -2.31. The molecule has 46 heavy (non-hydrogen) atoms. The van der Waals surface area contributed by atoms with Crippen molar-refractivity contribution in [2.45, 2.75) is 6.42 Å². The number of fused-ring (bicyclic) bond motifs is 7. The Morgan fingerprint density at radius 3 is 1.50 bits per heavy atom. The molecule has 0 bridgehead atoms. The second-order valence-corrected chi connectivity index (χ2v) is 12.1. The van der Waals surface area contributed by atoms with Crippen LogP contribution in [0.2, 0.25) is 0 Å². The molecule has 0 saturated heterocycles. The van der Waals surface area contributed by atoms with Crippen LogP contribution >= 0.6 is 0 Å². The van der Waals surface area contributed by atoms with Crippen molar-refractivity contribution in [3.63, 3.8) is 0 Å². The fraction of sp³-hybridized carbons (Fsp3) is 0.0244. The Hall–Kier alpha value is -5.94. The molecule has 10 rings (SSSR count). The Labute approximate surface area is 267 Å². The summed E-state index contributed by atoms with van der Waals surface area (Å²) in [5, 5.41) is 0. The van der Waals surface area contributed by atoms with Gasteiger partial charge in [-0.25, -0.2) is 0 Å². The van der Waals surface area contributed by atoms with Crippen LogP contribution in [-0.2, 0) is 6.42 Å². The SMILES string of the molecule is c1ccc(-c2cccc3c2Cc2c(-c4ccc(-c5nc6c7c(n5)Oc5ccccc5B7c5ccccc5O6)cc4)cccc2-3)cc1. The third-order valence-electron chi connectivity index (χ3n) is 9.57. The average molecular weight is 588 g/mol. The lowest BCUT2D eigenvalue weighted by molar-refractivity contribution is 0.439. The van der Waals surface area contributed by atoms with E-state index < -0.39 is 0 Å². The van der Waals surface area contributed by atoms with Crippen molar-refractivity contribution in [1.29, 1.82) is 0 Å². The molecule has 0 atom stereocenters. The Kier molecular flexibility index (Phi) is 5.40. The molecule has 0 radical (unpaired) electrons. The summed E-state index contributed by atoms with van der Waals surface area (Å²) in [5.74, 6) is 3.32. The van der Waals surface area contributed by atoms with E-state index in [4.69, 9.17) is 19.4 Å². The maximum absolute atomic E-state index is 6.39. The van der Waals surface area contributed by atoms with E-state index in [0.29, 0.717) is 17.6 Å². The highest BCUT2D eigenvalue weighted by atomic mass is 16.5. The van der Waals surface area contributed by atoms with Crippen molar-refractivity contribution in [3.8, 4) is 68.0 Å². The monoisotopic (exact) mass is 588 g/mol. The lowest BCUT2D eigenvalue weighted by atomic mass is 9.35. The van der Waals surface area contributed by atoms with Gasteiger partial charge in [-0.2, -0.15) is 9.97 Å². The van der Waals surface area contributed by atoms with E-state index in [0.717, 1.165) is 39.9 Å². The zero-order chi connectivity index (χ0) is 30.2. The summed E-state index contributed by atoms with van der Waals surface area (Å²) in [7, 11) is 0. The molecular weight excluding hydrogens is 563 g/mol. The largest absolute Gasteiger partial charge is 0.440 e. The van der Waals surface area contributed by atoms with Gasteiger partial charge in [-0.15, -0.1) is 0 Å². The molecule has 0 N–H and O–H groups in total. The van der Waals surface area contributed by atoms with Crippen LogP contribution in [0.25, 0.3) is 44.8 Å². The Bertz CT molecular complexity index is 2280. The molecule has 1 aliphatic carbocycles. The fourth-order valence-corrected chi connectivity index (χ4v) is 7.47. The zero-order valence-electron chi connectivity index (χ0n) is 24.8. The first kappa shape index (κ1) is 25.4. The molecule has 7 aromatic rings. The summed E-state index contributed by atoms with van der Waals surface area (Å²) < 4.78 is 12.8. The summed E-state index contributed by atoms with van der Waals surface area (Å²) in [4.78, 5) is 9.92. The standard InChI is InChI=1S/C41H25BN2O2/c1-2-10-25(11-3-1)28-12-8-14-30-31-15-9-13-29(33(31)24-32(28)30)26-20-22-27(23-21-26)39-43-40-38-41(44-39)46-37-19-7-5-17-35(37)42(38)34-16-4-6-18-36(34)45-40/h1-23H,24H2. The molecule has 0 spiro atoms. The van der Waals surface area contributed by atoms with Gasteiger partial charge in [0.1, 0.15) is 11.5 Å².